The number of ether oxygens (including phenoxy) is 1. The number of aliphatic hydroxyl groups is 1. The molecular formula is C12H20N4O3. The molecule has 1 rings (SSSR count). The minimum atomic E-state index is -0.611. The second-order valence-electron chi connectivity index (χ2n) is 5.09. The van der Waals surface area contributed by atoms with Gasteiger partial charge in [-0.05, 0) is 27.2 Å². The van der Waals surface area contributed by atoms with Gasteiger partial charge in [0.25, 0.3) is 0 Å². The normalized spacial score (nSPS) is 12.9. The molecule has 1 aromatic heterocycles. The number of nitrogens with zero attached hydrogens (tertiary/aromatic N) is 2. The Hall–Kier alpha value is -1.73. The predicted molar refractivity (Wildman–Crippen MR) is 70.5 cm³/mol. The van der Waals surface area contributed by atoms with Gasteiger partial charge in [-0.15, -0.1) is 0 Å². The lowest BCUT2D eigenvalue weighted by Gasteiger charge is -2.19. The van der Waals surface area contributed by atoms with Crippen molar-refractivity contribution in [3.8, 4) is 0 Å². The number of hydrogen-bond acceptors (Lipinski definition) is 6. The van der Waals surface area contributed by atoms with E-state index in [0.29, 0.717) is 12.0 Å². The summed E-state index contributed by atoms with van der Waals surface area (Å²) in [5.41, 5.74) is 5.91. The van der Waals surface area contributed by atoms with Crippen LogP contribution in [0.2, 0.25) is 0 Å². The topological polar surface area (TPSA) is 110 Å². The summed E-state index contributed by atoms with van der Waals surface area (Å²) >= 11 is 0. The van der Waals surface area contributed by atoms with Crippen LogP contribution in [0.15, 0.2) is 12.4 Å². The number of carbonyl (C=O) groups excluding carboxylic acids is 1. The van der Waals surface area contributed by atoms with Gasteiger partial charge in [0.15, 0.2) is 0 Å². The average Bonchev–Trinajstić information content (AvgIpc) is 2.27. The van der Waals surface area contributed by atoms with Crippen molar-refractivity contribution in [1.82, 2.24) is 9.97 Å². The van der Waals surface area contributed by atoms with E-state index in [-0.39, 0.29) is 18.6 Å². The minimum absolute atomic E-state index is 0.000916. The molecule has 1 aromatic rings. The Labute approximate surface area is 112 Å². The lowest BCUT2D eigenvalue weighted by Crippen LogP contribution is -2.27. The molecule has 0 aliphatic heterocycles. The van der Waals surface area contributed by atoms with E-state index in [1.165, 1.54) is 12.4 Å². The fraction of sp³-hybridized carbons (Fsp3) is 0.583. The van der Waals surface area contributed by atoms with Gasteiger partial charge in [0.05, 0.1) is 0 Å². The Morgan fingerprint density at radius 1 is 1.47 bits per heavy atom. The second-order valence-corrected chi connectivity index (χ2v) is 5.09. The molecule has 7 nitrogen and oxygen atoms in total. The summed E-state index contributed by atoms with van der Waals surface area (Å²) in [6.07, 6.45) is 2.85. The van der Waals surface area contributed by atoms with Gasteiger partial charge in [0.2, 0.25) is 5.95 Å². The molecule has 0 radical (unpaired) electrons. The van der Waals surface area contributed by atoms with Crippen molar-refractivity contribution in [2.75, 3.05) is 11.9 Å². The molecule has 0 aliphatic rings. The molecule has 0 spiro atoms. The van der Waals surface area contributed by atoms with E-state index in [2.05, 4.69) is 15.3 Å². The van der Waals surface area contributed by atoms with Crippen LogP contribution in [-0.4, -0.2) is 33.4 Å². The molecule has 1 atom stereocenters. The maximum atomic E-state index is 11.5. The summed E-state index contributed by atoms with van der Waals surface area (Å²) < 4.78 is 5.07. The van der Waals surface area contributed by atoms with Gasteiger partial charge in [0, 0.05) is 30.6 Å². The second kappa shape index (κ2) is 6.44. The molecule has 1 heterocycles. The Kier molecular flexibility index (Phi) is 5.20. The number of aliphatic hydroxyl groups excluding tert-OH is 1. The third-order valence-corrected chi connectivity index (χ3v) is 2.15. The van der Waals surface area contributed by atoms with E-state index in [0.717, 1.165) is 0 Å². The third-order valence-electron chi connectivity index (χ3n) is 2.15. The van der Waals surface area contributed by atoms with Crippen molar-refractivity contribution in [2.24, 2.45) is 5.73 Å². The number of nitrogens with two attached hydrogens (primary N) is 1. The Bertz CT molecular complexity index is 414. The number of nitrogens with one attached hydrogen (secondary N) is 1. The first-order chi connectivity index (χ1) is 8.81. The molecule has 1 amide bonds. The molecule has 0 saturated heterocycles. The molecular weight excluding hydrogens is 248 g/mol. The molecule has 0 aromatic carbocycles. The first-order valence-electron chi connectivity index (χ1n) is 6.00. The quantitative estimate of drug-likeness (QED) is 0.757. The average molecular weight is 268 g/mol. The molecule has 19 heavy (non-hydrogen) atoms. The van der Waals surface area contributed by atoms with Gasteiger partial charge >= 0.3 is 6.09 Å². The summed E-state index contributed by atoms with van der Waals surface area (Å²) in [5.74, 6) is 0.147. The number of carbonyl (C=O) groups is 1. The zero-order valence-corrected chi connectivity index (χ0v) is 11.4. The van der Waals surface area contributed by atoms with Gasteiger partial charge in [-0.1, -0.05) is 0 Å². The summed E-state index contributed by atoms with van der Waals surface area (Å²) in [6, 6.07) is -0.319. The SMILES string of the molecule is CC(C)(C)OC(=O)Nc1ncc(C(N)CCO)cn1. The van der Waals surface area contributed by atoms with Crippen molar-refractivity contribution in [2.45, 2.75) is 38.8 Å². The van der Waals surface area contributed by atoms with Crippen molar-refractivity contribution in [3.63, 3.8) is 0 Å². The highest BCUT2D eigenvalue weighted by atomic mass is 16.6. The van der Waals surface area contributed by atoms with Crippen molar-refractivity contribution in [3.05, 3.63) is 18.0 Å². The van der Waals surface area contributed by atoms with Crippen molar-refractivity contribution in [1.29, 1.82) is 0 Å². The maximum absolute atomic E-state index is 11.5. The van der Waals surface area contributed by atoms with Crippen LogP contribution in [0.1, 0.15) is 38.8 Å². The van der Waals surface area contributed by atoms with Gasteiger partial charge < -0.3 is 15.6 Å². The summed E-state index contributed by atoms with van der Waals surface area (Å²) in [7, 11) is 0. The van der Waals surface area contributed by atoms with Crippen LogP contribution in [0.3, 0.4) is 0 Å². The van der Waals surface area contributed by atoms with E-state index in [1.54, 1.807) is 20.8 Å². The first-order valence-corrected chi connectivity index (χ1v) is 6.00. The monoisotopic (exact) mass is 268 g/mol. The van der Waals surface area contributed by atoms with Gasteiger partial charge in [-0.25, -0.2) is 14.8 Å². The fourth-order valence-electron chi connectivity index (χ4n) is 1.29. The highest BCUT2D eigenvalue weighted by Crippen LogP contribution is 2.13. The molecule has 106 valence electrons. The molecule has 7 heteroatoms. The van der Waals surface area contributed by atoms with E-state index >= 15 is 0 Å². The maximum Gasteiger partial charge on any atom is 0.414 e. The van der Waals surface area contributed by atoms with Crippen LogP contribution < -0.4 is 11.1 Å². The Morgan fingerprint density at radius 3 is 2.53 bits per heavy atom. The van der Waals surface area contributed by atoms with Crippen LogP contribution in [0.4, 0.5) is 10.7 Å². The summed E-state index contributed by atoms with van der Waals surface area (Å²) in [4.78, 5) is 19.4. The van der Waals surface area contributed by atoms with Gasteiger partial charge in [0.1, 0.15) is 5.60 Å². The summed E-state index contributed by atoms with van der Waals surface area (Å²) in [6.45, 7) is 5.30. The molecule has 0 aliphatic carbocycles. The number of hydrogen-bond donors (Lipinski definition) is 3. The summed E-state index contributed by atoms with van der Waals surface area (Å²) in [5, 5.41) is 11.2. The van der Waals surface area contributed by atoms with Gasteiger partial charge in [-0.2, -0.15) is 0 Å². The van der Waals surface area contributed by atoms with E-state index < -0.39 is 11.7 Å². The molecule has 0 saturated carbocycles. The minimum Gasteiger partial charge on any atom is -0.444 e. The zero-order valence-electron chi connectivity index (χ0n) is 11.4. The number of rotatable bonds is 4. The largest absolute Gasteiger partial charge is 0.444 e. The standard InChI is InChI=1S/C12H20N4O3/c1-12(2,3)19-11(18)16-10-14-6-8(7-15-10)9(13)4-5-17/h6-7,9,17H,4-5,13H2,1-3H3,(H,14,15,16,18). The molecule has 0 fully saturated rings. The fourth-order valence-corrected chi connectivity index (χ4v) is 1.29. The highest BCUT2D eigenvalue weighted by Gasteiger charge is 2.17. The number of aromatic nitrogens is 2. The van der Waals surface area contributed by atoms with Crippen LogP contribution >= 0.6 is 0 Å². The number of amides is 1. The van der Waals surface area contributed by atoms with Crippen LogP contribution in [-0.2, 0) is 4.74 Å². The lowest BCUT2D eigenvalue weighted by atomic mass is 10.1. The molecule has 1 unspecified atom stereocenters. The van der Waals surface area contributed by atoms with Gasteiger partial charge in [-0.3, -0.25) is 5.32 Å². The van der Waals surface area contributed by atoms with Crippen molar-refractivity contribution >= 4 is 12.0 Å². The van der Waals surface area contributed by atoms with Crippen LogP contribution in [0.25, 0.3) is 0 Å². The smallest absolute Gasteiger partial charge is 0.414 e. The Morgan fingerprint density at radius 2 is 2.05 bits per heavy atom. The van der Waals surface area contributed by atoms with E-state index in [4.69, 9.17) is 15.6 Å². The number of anilines is 1. The first kappa shape index (κ1) is 15.3. The molecule has 4 N–H and O–H groups in total. The highest BCUT2D eigenvalue weighted by molar-refractivity contribution is 5.82. The predicted octanol–water partition coefficient (Wildman–Crippen LogP) is 1.21. The zero-order chi connectivity index (χ0) is 14.5. The molecule has 0 bridgehead atoms. The van der Waals surface area contributed by atoms with Crippen LogP contribution in [0.5, 0.6) is 0 Å². The van der Waals surface area contributed by atoms with E-state index in [9.17, 15) is 4.79 Å². The van der Waals surface area contributed by atoms with E-state index in [1.807, 2.05) is 0 Å². The lowest BCUT2D eigenvalue weighted by molar-refractivity contribution is 0.0634. The third kappa shape index (κ3) is 5.62. The Balaban J connectivity index is 2.59. The van der Waals surface area contributed by atoms with Crippen LogP contribution in [0, 0.1) is 0 Å². The van der Waals surface area contributed by atoms with Crippen molar-refractivity contribution < 1.29 is 14.6 Å².